The molecule has 0 unspecified atom stereocenters. The summed E-state index contributed by atoms with van der Waals surface area (Å²) in [7, 11) is 0. The summed E-state index contributed by atoms with van der Waals surface area (Å²) < 4.78 is 37.5. The van der Waals surface area contributed by atoms with Crippen molar-refractivity contribution in [1.82, 2.24) is 10.2 Å². The lowest BCUT2D eigenvalue weighted by Crippen LogP contribution is -2.45. The van der Waals surface area contributed by atoms with Crippen LogP contribution in [0.15, 0.2) is 11.4 Å². The number of halogens is 3. The molecule has 118 valence electrons. The fourth-order valence-electron chi connectivity index (χ4n) is 2.46. The molecule has 1 aromatic heterocycles. The summed E-state index contributed by atoms with van der Waals surface area (Å²) in [4.78, 5) is 12.2. The molecule has 5 nitrogen and oxygen atoms in total. The van der Waals surface area contributed by atoms with Gasteiger partial charge in [0, 0.05) is 50.1 Å². The molecule has 0 amide bonds. The smallest absolute Gasteiger partial charge is 0.314 e. The van der Waals surface area contributed by atoms with Crippen LogP contribution in [0.2, 0.25) is 0 Å². The van der Waals surface area contributed by atoms with Crippen molar-refractivity contribution in [3.05, 3.63) is 27.1 Å². The van der Waals surface area contributed by atoms with Gasteiger partial charge in [0.05, 0.1) is 4.92 Å². The van der Waals surface area contributed by atoms with Gasteiger partial charge in [0.2, 0.25) is 0 Å². The predicted molar refractivity (Wildman–Crippen MR) is 73.4 cm³/mol. The second-order valence-electron chi connectivity index (χ2n) is 4.93. The molecule has 1 saturated heterocycles. The van der Waals surface area contributed by atoms with Crippen LogP contribution in [-0.2, 0) is 0 Å². The molecule has 1 aliphatic heterocycles. The normalized spacial score (nSPS) is 18.6. The van der Waals surface area contributed by atoms with E-state index in [0.717, 1.165) is 24.4 Å². The molecule has 1 atom stereocenters. The van der Waals surface area contributed by atoms with E-state index in [4.69, 9.17) is 0 Å². The maximum Gasteiger partial charge on any atom is 0.389 e. The van der Waals surface area contributed by atoms with Gasteiger partial charge in [0.15, 0.2) is 0 Å². The number of hydrogen-bond donors (Lipinski definition) is 1. The largest absolute Gasteiger partial charge is 0.389 e. The first kappa shape index (κ1) is 16.2. The van der Waals surface area contributed by atoms with E-state index in [1.807, 2.05) is 4.90 Å². The Morgan fingerprint density at radius 2 is 2.10 bits per heavy atom. The number of nitrogens with zero attached hydrogens (tertiary/aromatic N) is 2. The molecule has 0 bridgehead atoms. The first-order valence-corrected chi connectivity index (χ1v) is 7.49. The van der Waals surface area contributed by atoms with E-state index in [1.54, 1.807) is 5.38 Å². The van der Waals surface area contributed by atoms with E-state index < -0.39 is 23.6 Å². The minimum atomic E-state index is -4.21. The summed E-state index contributed by atoms with van der Waals surface area (Å²) in [6.07, 6.45) is -5.17. The van der Waals surface area contributed by atoms with Crippen LogP contribution in [0.5, 0.6) is 0 Å². The van der Waals surface area contributed by atoms with Gasteiger partial charge in [-0.25, -0.2) is 0 Å². The Hall–Kier alpha value is -1.19. The van der Waals surface area contributed by atoms with Crippen LogP contribution in [0.3, 0.4) is 0 Å². The quantitative estimate of drug-likeness (QED) is 0.668. The molecular weight excluding hydrogens is 307 g/mol. The van der Waals surface area contributed by atoms with Crippen molar-refractivity contribution in [2.24, 2.45) is 0 Å². The number of rotatable bonds is 5. The highest BCUT2D eigenvalue weighted by Gasteiger charge is 2.32. The van der Waals surface area contributed by atoms with Gasteiger partial charge < -0.3 is 5.32 Å². The lowest BCUT2D eigenvalue weighted by Gasteiger charge is -2.34. The molecule has 1 aromatic rings. The number of thiophene rings is 1. The molecule has 0 aromatic carbocycles. The first-order valence-electron chi connectivity index (χ1n) is 6.61. The third kappa shape index (κ3) is 4.65. The van der Waals surface area contributed by atoms with E-state index in [1.165, 1.54) is 6.07 Å². The van der Waals surface area contributed by atoms with Gasteiger partial charge in [-0.3, -0.25) is 15.0 Å². The Morgan fingerprint density at radius 3 is 2.62 bits per heavy atom. The Balaban J connectivity index is 2.14. The summed E-state index contributed by atoms with van der Waals surface area (Å²) >= 11 is 0.961. The fraction of sp³-hybridized carbons (Fsp3) is 0.667. The van der Waals surface area contributed by atoms with Crippen molar-refractivity contribution in [3.63, 3.8) is 0 Å². The molecule has 2 heterocycles. The maximum atomic E-state index is 12.5. The van der Waals surface area contributed by atoms with Crippen molar-refractivity contribution in [2.45, 2.75) is 25.1 Å². The fourth-order valence-corrected chi connectivity index (χ4v) is 3.24. The average Bonchev–Trinajstić information content (AvgIpc) is 2.89. The van der Waals surface area contributed by atoms with Crippen molar-refractivity contribution in [2.75, 3.05) is 26.2 Å². The molecule has 1 aliphatic rings. The van der Waals surface area contributed by atoms with Gasteiger partial charge in [0.25, 0.3) is 0 Å². The Bertz CT molecular complexity index is 486. The number of alkyl halides is 3. The number of piperazine rings is 1. The van der Waals surface area contributed by atoms with Crippen molar-refractivity contribution < 1.29 is 18.1 Å². The van der Waals surface area contributed by atoms with Gasteiger partial charge in [0.1, 0.15) is 0 Å². The van der Waals surface area contributed by atoms with E-state index >= 15 is 0 Å². The number of nitro groups is 1. The lowest BCUT2D eigenvalue weighted by molar-refractivity contribution is -0.380. The van der Waals surface area contributed by atoms with Crippen LogP contribution in [0.25, 0.3) is 0 Å². The summed E-state index contributed by atoms with van der Waals surface area (Å²) in [6, 6.07) is 0.979. The number of hydrogen-bond acceptors (Lipinski definition) is 5. The highest BCUT2D eigenvalue weighted by molar-refractivity contribution is 7.13. The Morgan fingerprint density at radius 1 is 1.43 bits per heavy atom. The van der Waals surface area contributed by atoms with Crippen molar-refractivity contribution in [1.29, 1.82) is 0 Å². The third-order valence-electron chi connectivity index (χ3n) is 3.46. The molecule has 21 heavy (non-hydrogen) atoms. The first-order chi connectivity index (χ1) is 9.87. The van der Waals surface area contributed by atoms with E-state index in [9.17, 15) is 23.3 Å². The zero-order valence-corrected chi connectivity index (χ0v) is 12.0. The average molecular weight is 323 g/mol. The minimum Gasteiger partial charge on any atom is -0.314 e. The Kier molecular flexibility index (Phi) is 5.17. The topological polar surface area (TPSA) is 58.4 Å². The predicted octanol–water partition coefficient (Wildman–Crippen LogP) is 2.95. The van der Waals surface area contributed by atoms with Crippen molar-refractivity contribution >= 4 is 16.3 Å². The number of nitrogens with one attached hydrogen (secondary N) is 1. The van der Waals surface area contributed by atoms with Gasteiger partial charge in [-0.05, 0) is 12.0 Å². The Labute approximate surface area is 123 Å². The second-order valence-corrected chi connectivity index (χ2v) is 5.82. The molecule has 0 saturated carbocycles. The molecule has 1 N–H and O–H groups in total. The summed E-state index contributed by atoms with van der Waals surface area (Å²) in [6.45, 7) is 2.72. The van der Waals surface area contributed by atoms with E-state index in [-0.39, 0.29) is 11.4 Å². The SMILES string of the molecule is O=[N+]([O-])c1cc([C@@H](CCC(F)(F)F)N2CCNCC2)cs1. The van der Waals surface area contributed by atoms with Crippen LogP contribution >= 0.6 is 11.3 Å². The van der Waals surface area contributed by atoms with Gasteiger partial charge in [-0.15, -0.1) is 0 Å². The maximum absolute atomic E-state index is 12.5. The second kappa shape index (κ2) is 6.71. The molecule has 0 spiro atoms. The zero-order valence-electron chi connectivity index (χ0n) is 11.2. The minimum absolute atomic E-state index is 0.0304. The highest BCUT2D eigenvalue weighted by atomic mass is 32.1. The molecular formula is C12H16F3N3O2S. The molecule has 0 radical (unpaired) electrons. The third-order valence-corrected chi connectivity index (χ3v) is 4.36. The van der Waals surface area contributed by atoms with Crippen molar-refractivity contribution in [3.8, 4) is 0 Å². The van der Waals surface area contributed by atoms with Crippen LogP contribution in [-0.4, -0.2) is 42.2 Å². The summed E-state index contributed by atoms with van der Waals surface area (Å²) in [5.74, 6) is 0. The monoisotopic (exact) mass is 323 g/mol. The molecule has 2 rings (SSSR count). The summed E-state index contributed by atoms with van der Waals surface area (Å²) in [5.41, 5.74) is 0.609. The van der Waals surface area contributed by atoms with Gasteiger partial charge in [-0.2, -0.15) is 13.2 Å². The van der Waals surface area contributed by atoms with Crippen LogP contribution in [0, 0.1) is 10.1 Å². The summed E-state index contributed by atoms with van der Waals surface area (Å²) in [5, 5.41) is 15.5. The molecule has 1 fully saturated rings. The standard InChI is InChI=1S/C12H16F3N3O2S/c13-12(14,15)2-1-10(17-5-3-16-4-6-17)9-7-11(18(19)20)21-8-9/h7-8,10,16H,1-6H2/t10-/m1/s1. The van der Waals surface area contributed by atoms with Gasteiger partial charge >= 0.3 is 11.2 Å². The lowest BCUT2D eigenvalue weighted by atomic mass is 10.0. The van der Waals surface area contributed by atoms with Crippen LogP contribution in [0.1, 0.15) is 24.4 Å². The van der Waals surface area contributed by atoms with E-state index in [2.05, 4.69) is 5.32 Å². The van der Waals surface area contributed by atoms with Crippen LogP contribution in [0.4, 0.5) is 18.2 Å². The van der Waals surface area contributed by atoms with Gasteiger partial charge in [-0.1, -0.05) is 11.3 Å². The van der Waals surface area contributed by atoms with E-state index in [0.29, 0.717) is 18.7 Å². The highest BCUT2D eigenvalue weighted by Crippen LogP contribution is 2.35. The van der Waals surface area contributed by atoms with Crippen LogP contribution < -0.4 is 5.32 Å². The molecule has 9 heteroatoms. The zero-order chi connectivity index (χ0) is 15.5. The molecule has 0 aliphatic carbocycles.